The summed E-state index contributed by atoms with van der Waals surface area (Å²) in [7, 11) is -0.808. The van der Waals surface area contributed by atoms with E-state index in [1.54, 1.807) is 24.5 Å². The van der Waals surface area contributed by atoms with E-state index in [0.717, 1.165) is 6.42 Å². The van der Waals surface area contributed by atoms with E-state index < -0.39 is 16.9 Å². The number of aliphatic hydroxyl groups is 1. The Morgan fingerprint density at radius 2 is 2.10 bits per heavy atom. The standard InChI is InChI=1S/C14H21Cl2NO3S/c1-10(21(2)19)5-6-17-8-11(18)9-20-12-3-4-13(15)14(16)7-12/h3-4,7,10-11,17-18H,5-6,8-9H2,1-2H3. The van der Waals surface area contributed by atoms with Crippen LogP contribution in [0.5, 0.6) is 5.75 Å². The minimum absolute atomic E-state index is 0.155. The van der Waals surface area contributed by atoms with Crippen LogP contribution in [0.15, 0.2) is 18.2 Å². The summed E-state index contributed by atoms with van der Waals surface area (Å²) in [5.41, 5.74) is 0. The second-order valence-corrected chi connectivity index (χ2v) is 7.46. The van der Waals surface area contributed by atoms with Gasteiger partial charge in [0.15, 0.2) is 0 Å². The van der Waals surface area contributed by atoms with Crippen LogP contribution >= 0.6 is 23.2 Å². The lowest BCUT2D eigenvalue weighted by Crippen LogP contribution is -2.33. The number of nitrogens with one attached hydrogen (secondary N) is 1. The molecule has 0 amide bonds. The van der Waals surface area contributed by atoms with Crippen molar-refractivity contribution in [1.29, 1.82) is 0 Å². The molecule has 0 saturated heterocycles. The van der Waals surface area contributed by atoms with Crippen LogP contribution in [0.3, 0.4) is 0 Å². The van der Waals surface area contributed by atoms with Crippen molar-refractivity contribution in [1.82, 2.24) is 5.32 Å². The molecule has 0 bridgehead atoms. The molecule has 0 fully saturated rings. The van der Waals surface area contributed by atoms with E-state index in [0.29, 0.717) is 28.9 Å². The summed E-state index contributed by atoms with van der Waals surface area (Å²) in [5, 5.41) is 14.0. The average molecular weight is 354 g/mol. The van der Waals surface area contributed by atoms with Crippen molar-refractivity contribution in [3.8, 4) is 5.75 Å². The summed E-state index contributed by atoms with van der Waals surface area (Å²) < 4.78 is 16.6. The maximum atomic E-state index is 11.2. The van der Waals surface area contributed by atoms with Gasteiger partial charge in [-0.1, -0.05) is 30.1 Å². The van der Waals surface area contributed by atoms with Gasteiger partial charge in [-0.2, -0.15) is 0 Å². The molecule has 21 heavy (non-hydrogen) atoms. The Labute approximate surface area is 138 Å². The highest BCUT2D eigenvalue weighted by Crippen LogP contribution is 2.26. The molecule has 1 aromatic rings. The van der Waals surface area contributed by atoms with E-state index in [9.17, 15) is 9.32 Å². The van der Waals surface area contributed by atoms with Crippen LogP contribution in [-0.4, -0.2) is 46.6 Å². The highest BCUT2D eigenvalue weighted by Gasteiger charge is 2.08. The first kappa shape index (κ1) is 18.7. The number of benzene rings is 1. The number of ether oxygens (including phenoxy) is 1. The van der Waals surface area contributed by atoms with Gasteiger partial charge in [0.25, 0.3) is 0 Å². The third kappa shape index (κ3) is 7.47. The Morgan fingerprint density at radius 1 is 1.38 bits per heavy atom. The number of aliphatic hydroxyl groups excluding tert-OH is 1. The van der Waals surface area contributed by atoms with Gasteiger partial charge >= 0.3 is 0 Å². The Balaban J connectivity index is 2.20. The van der Waals surface area contributed by atoms with Crippen LogP contribution in [0, 0.1) is 0 Å². The zero-order chi connectivity index (χ0) is 15.8. The summed E-state index contributed by atoms with van der Waals surface area (Å²) >= 11 is 11.7. The van der Waals surface area contributed by atoms with Gasteiger partial charge in [-0.05, 0) is 25.1 Å². The van der Waals surface area contributed by atoms with Gasteiger partial charge in [0.1, 0.15) is 18.5 Å². The quantitative estimate of drug-likeness (QED) is 0.669. The molecule has 3 atom stereocenters. The van der Waals surface area contributed by atoms with Crippen LogP contribution in [0.25, 0.3) is 0 Å². The van der Waals surface area contributed by atoms with E-state index in [1.165, 1.54) is 0 Å². The minimum Gasteiger partial charge on any atom is -0.491 e. The Bertz CT molecular complexity index is 474. The van der Waals surface area contributed by atoms with E-state index >= 15 is 0 Å². The van der Waals surface area contributed by atoms with Gasteiger partial charge < -0.3 is 15.2 Å². The molecule has 1 rings (SSSR count). The first-order valence-electron chi connectivity index (χ1n) is 6.69. The van der Waals surface area contributed by atoms with Crippen molar-refractivity contribution >= 4 is 34.0 Å². The van der Waals surface area contributed by atoms with E-state index in [1.807, 2.05) is 6.92 Å². The second-order valence-electron chi connectivity index (χ2n) is 4.84. The molecule has 1 aromatic carbocycles. The largest absolute Gasteiger partial charge is 0.491 e. The van der Waals surface area contributed by atoms with Gasteiger partial charge in [-0.15, -0.1) is 0 Å². The van der Waals surface area contributed by atoms with Gasteiger partial charge in [0, 0.05) is 34.9 Å². The topological polar surface area (TPSA) is 58.6 Å². The third-order valence-corrected chi connectivity index (χ3v) is 5.12. The molecule has 120 valence electrons. The maximum absolute atomic E-state index is 11.2. The van der Waals surface area contributed by atoms with Crippen molar-refractivity contribution < 1.29 is 14.1 Å². The summed E-state index contributed by atoms with van der Waals surface area (Å²) in [4.78, 5) is 0. The lowest BCUT2D eigenvalue weighted by Gasteiger charge is -2.14. The normalized spacial score (nSPS) is 15.5. The Morgan fingerprint density at radius 3 is 2.71 bits per heavy atom. The molecule has 4 nitrogen and oxygen atoms in total. The van der Waals surface area contributed by atoms with E-state index in [-0.39, 0.29) is 11.9 Å². The monoisotopic (exact) mass is 353 g/mol. The minimum atomic E-state index is -0.808. The predicted octanol–water partition coefficient (Wildman–Crippen LogP) is 2.48. The molecule has 2 N–H and O–H groups in total. The molecule has 0 aliphatic carbocycles. The van der Waals surface area contributed by atoms with Gasteiger partial charge in [-0.25, -0.2) is 0 Å². The van der Waals surface area contributed by atoms with Crippen molar-refractivity contribution in [2.75, 3.05) is 26.0 Å². The second kappa shape index (κ2) is 9.64. The van der Waals surface area contributed by atoms with Crippen molar-refractivity contribution in [3.05, 3.63) is 28.2 Å². The van der Waals surface area contributed by atoms with Crippen molar-refractivity contribution in [3.63, 3.8) is 0 Å². The molecule has 0 radical (unpaired) electrons. The smallest absolute Gasteiger partial charge is 0.121 e. The van der Waals surface area contributed by atoms with Crippen LogP contribution in [0.4, 0.5) is 0 Å². The van der Waals surface area contributed by atoms with Crippen molar-refractivity contribution in [2.45, 2.75) is 24.7 Å². The number of hydrogen-bond acceptors (Lipinski definition) is 4. The summed E-state index contributed by atoms with van der Waals surface area (Å²) in [6.45, 7) is 3.25. The molecule has 3 unspecified atom stereocenters. The highest BCUT2D eigenvalue weighted by atomic mass is 35.5. The SMILES string of the molecule is CC(CCNCC(O)COc1ccc(Cl)c(Cl)c1)S(C)=O. The molecule has 0 aromatic heterocycles. The lowest BCUT2D eigenvalue weighted by molar-refractivity contribution is 0.106. The summed E-state index contributed by atoms with van der Waals surface area (Å²) in [6.07, 6.45) is 1.88. The molecule has 0 aliphatic rings. The molecular formula is C14H21Cl2NO3S. The number of rotatable bonds is 9. The van der Waals surface area contributed by atoms with Gasteiger partial charge in [0.05, 0.1) is 10.0 Å². The third-order valence-electron chi connectivity index (χ3n) is 3.01. The number of hydrogen-bond donors (Lipinski definition) is 2. The lowest BCUT2D eigenvalue weighted by atomic mass is 10.3. The fourth-order valence-corrected chi connectivity index (χ4v) is 2.30. The Hall–Kier alpha value is -0.330. The highest BCUT2D eigenvalue weighted by molar-refractivity contribution is 7.84. The van der Waals surface area contributed by atoms with E-state index in [2.05, 4.69) is 5.32 Å². The fraction of sp³-hybridized carbons (Fsp3) is 0.571. The average Bonchev–Trinajstić information content (AvgIpc) is 2.44. The molecule has 0 heterocycles. The summed E-state index contributed by atoms with van der Waals surface area (Å²) in [6, 6.07) is 4.96. The zero-order valence-corrected chi connectivity index (χ0v) is 14.5. The predicted molar refractivity (Wildman–Crippen MR) is 89.0 cm³/mol. The van der Waals surface area contributed by atoms with Crippen LogP contribution in [-0.2, 0) is 10.8 Å². The molecule has 0 saturated carbocycles. The molecule has 0 aliphatic heterocycles. The van der Waals surface area contributed by atoms with Crippen LogP contribution < -0.4 is 10.1 Å². The van der Waals surface area contributed by atoms with Crippen LogP contribution in [0.1, 0.15) is 13.3 Å². The fourth-order valence-electron chi connectivity index (χ4n) is 1.56. The summed E-state index contributed by atoms with van der Waals surface area (Å²) in [5.74, 6) is 0.568. The molecule has 7 heteroatoms. The maximum Gasteiger partial charge on any atom is 0.121 e. The van der Waals surface area contributed by atoms with Gasteiger partial charge in [0.2, 0.25) is 0 Å². The zero-order valence-electron chi connectivity index (χ0n) is 12.1. The van der Waals surface area contributed by atoms with Crippen LogP contribution in [0.2, 0.25) is 10.0 Å². The molecule has 0 spiro atoms. The van der Waals surface area contributed by atoms with E-state index in [4.69, 9.17) is 27.9 Å². The number of halogens is 2. The van der Waals surface area contributed by atoms with Crippen molar-refractivity contribution in [2.24, 2.45) is 0 Å². The first-order chi connectivity index (χ1) is 9.90. The molecular weight excluding hydrogens is 333 g/mol. The van der Waals surface area contributed by atoms with Gasteiger partial charge in [-0.3, -0.25) is 4.21 Å². The first-order valence-corrected chi connectivity index (χ1v) is 9.06. The Kier molecular flexibility index (Phi) is 8.59.